The Hall–Kier alpha value is -2.42. The van der Waals surface area contributed by atoms with Gasteiger partial charge < -0.3 is 0 Å². The Morgan fingerprint density at radius 3 is 2.50 bits per heavy atom. The molecule has 100 valence electrons. The zero-order chi connectivity index (χ0) is 14.8. The quantitative estimate of drug-likeness (QED) is 0.933. The molecule has 0 aliphatic carbocycles. The lowest BCUT2D eigenvalue weighted by Gasteiger charge is -2.06. The van der Waals surface area contributed by atoms with E-state index in [9.17, 15) is 8.42 Å². The maximum Gasteiger partial charge on any atom is 0.273 e. The van der Waals surface area contributed by atoms with Crippen LogP contribution >= 0.6 is 11.3 Å². The Morgan fingerprint density at radius 1 is 1.25 bits per heavy atom. The summed E-state index contributed by atoms with van der Waals surface area (Å²) in [4.78, 5) is 3.89. The number of nitriles is 2. The highest BCUT2D eigenvalue weighted by molar-refractivity contribution is 7.94. The minimum absolute atomic E-state index is 0.0952. The fourth-order valence-electron chi connectivity index (χ4n) is 1.47. The third kappa shape index (κ3) is 2.77. The number of hydrogen-bond donors (Lipinski definition) is 1. The van der Waals surface area contributed by atoms with Crippen LogP contribution in [0.5, 0.6) is 0 Å². The van der Waals surface area contributed by atoms with Gasteiger partial charge in [-0.3, -0.25) is 4.72 Å². The van der Waals surface area contributed by atoms with Crippen LogP contribution in [0.1, 0.15) is 16.1 Å². The molecule has 0 aliphatic heterocycles. The Balaban J connectivity index is 2.36. The number of aromatic nitrogens is 1. The Kier molecular flexibility index (Phi) is 3.70. The van der Waals surface area contributed by atoms with Crippen molar-refractivity contribution in [2.24, 2.45) is 0 Å². The molecule has 20 heavy (non-hydrogen) atoms. The van der Waals surface area contributed by atoms with Crippen molar-refractivity contribution in [2.45, 2.75) is 11.1 Å². The van der Waals surface area contributed by atoms with Crippen molar-refractivity contribution in [3.8, 4) is 12.1 Å². The van der Waals surface area contributed by atoms with Gasteiger partial charge in [0.05, 0.1) is 28.0 Å². The highest BCUT2D eigenvalue weighted by Gasteiger charge is 2.17. The topological polar surface area (TPSA) is 107 Å². The number of benzene rings is 1. The minimum atomic E-state index is -3.72. The van der Waals surface area contributed by atoms with Gasteiger partial charge in [-0.05, 0) is 25.1 Å². The van der Waals surface area contributed by atoms with Gasteiger partial charge in [-0.1, -0.05) is 0 Å². The van der Waals surface area contributed by atoms with Crippen LogP contribution in [0.3, 0.4) is 0 Å². The molecule has 2 rings (SSSR count). The lowest BCUT2D eigenvalue weighted by Crippen LogP contribution is -2.11. The molecule has 1 aromatic heterocycles. The van der Waals surface area contributed by atoms with Crippen LogP contribution in [-0.2, 0) is 10.0 Å². The Labute approximate surface area is 120 Å². The zero-order valence-corrected chi connectivity index (χ0v) is 11.9. The number of nitrogens with one attached hydrogen (secondary N) is 1. The van der Waals surface area contributed by atoms with E-state index in [4.69, 9.17) is 10.5 Å². The van der Waals surface area contributed by atoms with Crippen LogP contribution in [0.4, 0.5) is 5.69 Å². The molecule has 1 heterocycles. The van der Waals surface area contributed by atoms with E-state index in [0.29, 0.717) is 5.01 Å². The molecule has 0 aliphatic rings. The Morgan fingerprint density at radius 2 is 1.95 bits per heavy atom. The summed E-state index contributed by atoms with van der Waals surface area (Å²) in [6.07, 6.45) is 1.27. The first-order valence-corrected chi connectivity index (χ1v) is 7.66. The average Bonchev–Trinajstić information content (AvgIpc) is 2.85. The molecule has 0 bridgehead atoms. The van der Waals surface area contributed by atoms with Crippen LogP contribution in [0, 0.1) is 29.6 Å². The van der Waals surface area contributed by atoms with Crippen molar-refractivity contribution >= 4 is 27.0 Å². The molecule has 1 N–H and O–H groups in total. The second-order valence-corrected chi connectivity index (χ2v) is 6.93. The van der Waals surface area contributed by atoms with E-state index in [0.717, 1.165) is 11.3 Å². The van der Waals surface area contributed by atoms with E-state index in [2.05, 4.69) is 9.71 Å². The molecule has 2 aromatic rings. The first kappa shape index (κ1) is 14.0. The largest absolute Gasteiger partial charge is 0.279 e. The molecule has 0 radical (unpaired) electrons. The van der Waals surface area contributed by atoms with E-state index in [-0.39, 0.29) is 21.0 Å². The first-order chi connectivity index (χ1) is 9.46. The molecule has 0 saturated heterocycles. The molecule has 6 nitrogen and oxygen atoms in total. The van der Waals surface area contributed by atoms with Crippen LogP contribution in [0.25, 0.3) is 0 Å². The molecule has 0 saturated carbocycles. The SMILES string of the molecule is Cc1ncc(S(=O)(=O)Nc2ccc(C#N)c(C#N)c2)s1. The summed E-state index contributed by atoms with van der Waals surface area (Å²) < 4.78 is 26.6. The lowest BCUT2D eigenvalue weighted by atomic mass is 10.1. The third-order valence-electron chi connectivity index (χ3n) is 2.38. The maximum atomic E-state index is 12.1. The normalized spacial score (nSPS) is 10.6. The van der Waals surface area contributed by atoms with Gasteiger partial charge in [0, 0.05) is 0 Å². The number of anilines is 1. The van der Waals surface area contributed by atoms with Crippen molar-refractivity contribution in [2.75, 3.05) is 4.72 Å². The molecule has 0 fully saturated rings. The molecular weight excluding hydrogens is 296 g/mol. The number of nitrogens with zero attached hydrogens (tertiary/aromatic N) is 3. The van der Waals surface area contributed by atoms with E-state index < -0.39 is 10.0 Å². The third-order valence-corrected chi connectivity index (χ3v) is 5.13. The van der Waals surface area contributed by atoms with Crippen molar-refractivity contribution in [1.82, 2.24) is 4.98 Å². The maximum absolute atomic E-state index is 12.1. The number of rotatable bonds is 3. The van der Waals surface area contributed by atoms with Gasteiger partial charge >= 0.3 is 0 Å². The van der Waals surface area contributed by atoms with Crippen LogP contribution < -0.4 is 4.72 Å². The number of sulfonamides is 1. The predicted octanol–water partition coefficient (Wildman–Crippen LogP) is 2.00. The molecule has 0 atom stereocenters. The van der Waals surface area contributed by atoms with Crippen molar-refractivity contribution in [3.05, 3.63) is 40.5 Å². The van der Waals surface area contributed by atoms with Gasteiger partial charge in [-0.25, -0.2) is 13.4 Å². The molecule has 0 amide bonds. The van der Waals surface area contributed by atoms with E-state index >= 15 is 0 Å². The number of thiazole rings is 1. The molecular formula is C12H8N4O2S2. The summed E-state index contributed by atoms with van der Waals surface area (Å²) in [5.41, 5.74) is 0.545. The number of aryl methyl sites for hydroxylation is 1. The molecule has 0 spiro atoms. The van der Waals surface area contributed by atoms with E-state index in [1.807, 2.05) is 12.1 Å². The summed E-state index contributed by atoms with van der Waals surface area (Å²) in [5.74, 6) is 0. The van der Waals surface area contributed by atoms with Gasteiger partial charge in [-0.15, -0.1) is 11.3 Å². The van der Waals surface area contributed by atoms with E-state index in [1.54, 1.807) is 6.92 Å². The smallest absolute Gasteiger partial charge is 0.273 e. The molecule has 0 unspecified atom stereocenters. The second kappa shape index (κ2) is 5.29. The second-order valence-electron chi connectivity index (χ2n) is 3.79. The van der Waals surface area contributed by atoms with Crippen molar-refractivity contribution < 1.29 is 8.42 Å². The molecule has 1 aromatic carbocycles. The highest BCUT2D eigenvalue weighted by Crippen LogP contribution is 2.22. The Bertz CT molecular complexity index is 841. The van der Waals surface area contributed by atoms with E-state index in [1.165, 1.54) is 24.4 Å². The van der Waals surface area contributed by atoms with Gasteiger partial charge in [0.1, 0.15) is 12.1 Å². The first-order valence-electron chi connectivity index (χ1n) is 5.36. The standard InChI is InChI=1S/C12H8N4O2S2/c1-8-15-7-12(19-8)20(17,18)16-11-3-2-9(5-13)10(4-11)6-14/h2-4,7,16H,1H3. The minimum Gasteiger partial charge on any atom is -0.279 e. The summed E-state index contributed by atoms with van der Waals surface area (Å²) in [5, 5.41) is 18.4. The predicted molar refractivity (Wildman–Crippen MR) is 73.5 cm³/mol. The lowest BCUT2D eigenvalue weighted by molar-refractivity contribution is 0.603. The fourth-order valence-corrected chi connectivity index (χ4v) is 3.63. The summed E-state index contributed by atoms with van der Waals surface area (Å²) >= 11 is 1.05. The van der Waals surface area contributed by atoms with Crippen LogP contribution in [0.15, 0.2) is 28.6 Å². The molecule has 8 heteroatoms. The van der Waals surface area contributed by atoms with Gasteiger partial charge in [0.25, 0.3) is 10.0 Å². The van der Waals surface area contributed by atoms with Crippen molar-refractivity contribution in [1.29, 1.82) is 10.5 Å². The number of hydrogen-bond acceptors (Lipinski definition) is 6. The van der Waals surface area contributed by atoms with Crippen LogP contribution in [-0.4, -0.2) is 13.4 Å². The average molecular weight is 304 g/mol. The fraction of sp³-hybridized carbons (Fsp3) is 0.0833. The summed E-state index contributed by atoms with van der Waals surface area (Å²) in [6.45, 7) is 1.71. The van der Waals surface area contributed by atoms with Gasteiger partial charge in [0.2, 0.25) is 0 Å². The summed E-state index contributed by atoms with van der Waals surface area (Å²) in [6, 6.07) is 7.87. The van der Waals surface area contributed by atoms with Gasteiger partial charge in [0.15, 0.2) is 4.21 Å². The highest BCUT2D eigenvalue weighted by atomic mass is 32.2. The van der Waals surface area contributed by atoms with Gasteiger partial charge in [-0.2, -0.15) is 10.5 Å². The van der Waals surface area contributed by atoms with Crippen molar-refractivity contribution in [3.63, 3.8) is 0 Å². The monoisotopic (exact) mass is 304 g/mol. The van der Waals surface area contributed by atoms with Crippen LogP contribution in [0.2, 0.25) is 0 Å². The zero-order valence-electron chi connectivity index (χ0n) is 10.3. The summed E-state index contributed by atoms with van der Waals surface area (Å²) in [7, 11) is -3.72.